The fraction of sp³-hybridized carbons (Fsp3) is 0.130. The number of nitrogens with zero attached hydrogens (tertiary/aromatic N) is 2. The van der Waals surface area contributed by atoms with Gasteiger partial charge in [0, 0.05) is 0 Å². The molecule has 10 heteroatoms. The molecule has 0 heterocycles. The summed E-state index contributed by atoms with van der Waals surface area (Å²) in [5, 5.41) is 4.19. The third kappa shape index (κ3) is 5.88. The number of rotatable bonds is 8. The summed E-state index contributed by atoms with van der Waals surface area (Å²) in [6.45, 7) is 1.08. The first-order chi connectivity index (χ1) is 15.7. The van der Waals surface area contributed by atoms with Crippen molar-refractivity contribution in [2.24, 2.45) is 5.10 Å². The van der Waals surface area contributed by atoms with E-state index in [1.165, 1.54) is 61.7 Å². The van der Waals surface area contributed by atoms with Crippen molar-refractivity contribution in [2.75, 3.05) is 18.0 Å². The second kappa shape index (κ2) is 10.5. The first kappa shape index (κ1) is 24.2. The average Bonchev–Trinajstić information content (AvgIpc) is 2.82. The van der Waals surface area contributed by atoms with Gasteiger partial charge in [-0.25, -0.2) is 18.2 Å². The topological polar surface area (TPSA) is 88.1 Å². The predicted molar refractivity (Wildman–Crippen MR) is 126 cm³/mol. The van der Waals surface area contributed by atoms with Gasteiger partial charge in [0.25, 0.3) is 15.9 Å². The Labute approximate surface area is 196 Å². The molecule has 0 aliphatic rings. The van der Waals surface area contributed by atoms with E-state index in [1.54, 1.807) is 25.1 Å². The van der Waals surface area contributed by atoms with E-state index >= 15 is 0 Å². The third-order valence-corrected chi connectivity index (χ3v) is 6.74. The Morgan fingerprint density at radius 3 is 2.36 bits per heavy atom. The number of anilines is 1. The highest BCUT2D eigenvalue weighted by atomic mass is 35.5. The zero-order valence-corrected chi connectivity index (χ0v) is 19.4. The number of hydrazone groups is 1. The van der Waals surface area contributed by atoms with E-state index in [4.69, 9.17) is 16.3 Å². The van der Waals surface area contributed by atoms with Crippen LogP contribution in [0.5, 0.6) is 5.75 Å². The Balaban J connectivity index is 1.89. The predicted octanol–water partition coefficient (Wildman–Crippen LogP) is 4.22. The molecule has 0 bridgehead atoms. The molecule has 1 N–H and O–H groups in total. The molecule has 7 nitrogen and oxygen atoms in total. The van der Waals surface area contributed by atoms with Gasteiger partial charge in [-0.1, -0.05) is 41.9 Å². The highest BCUT2D eigenvalue weighted by Gasteiger charge is 2.27. The van der Waals surface area contributed by atoms with Gasteiger partial charge in [0.15, 0.2) is 0 Å². The largest absolute Gasteiger partial charge is 0.495 e. The van der Waals surface area contributed by atoms with Crippen molar-refractivity contribution in [1.82, 2.24) is 5.43 Å². The van der Waals surface area contributed by atoms with Crippen molar-refractivity contribution in [3.05, 3.63) is 89.2 Å². The van der Waals surface area contributed by atoms with Crippen molar-refractivity contribution >= 4 is 38.9 Å². The summed E-state index contributed by atoms with van der Waals surface area (Å²) in [5.74, 6) is -0.708. The molecule has 3 aromatic rings. The van der Waals surface area contributed by atoms with Crippen LogP contribution < -0.4 is 14.5 Å². The van der Waals surface area contributed by atoms with Crippen LogP contribution in [0.2, 0.25) is 5.02 Å². The third-order valence-electron chi connectivity index (χ3n) is 4.65. The van der Waals surface area contributed by atoms with Crippen molar-refractivity contribution < 1.29 is 22.3 Å². The summed E-state index contributed by atoms with van der Waals surface area (Å²) >= 11 is 6.19. The van der Waals surface area contributed by atoms with E-state index in [9.17, 15) is 17.6 Å². The minimum absolute atomic E-state index is 0.00994. The van der Waals surface area contributed by atoms with E-state index in [-0.39, 0.29) is 15.6 Å². The fourth-order valence-electron chi connectivity index (χ4n) is 2.91. The number of nitrogens with one attached hydrogen (secondary N) is 1. The molecule has 172 valence electrons. The number of sulfonamides is 1. The smallest absolute Gasteiger partial charge is 0.264 e. The molecule has 0 aromatic heterocycles. The Kier molecular flexibility index (Phi) is 7.67. The molecule has 0 saturated heterocycles. The second-order valence-corrected chi connectivity index (χ2v) is 9.15. The summed E-state index contributed by atoms with van der Waals surface area (Å²) in [4.78, 5) is 12.7. The summed E-state index contributed by atoms with van der Waals surface area (Å²) in [6.07, 6.45) is 0. The molecule has 0 atom stereocenters. The number of ether oxygens (including phenoxy) is 1. The summed E-state index contributed by atoms with van der Waals surface area (Å²) in [5.41, 5.74) is 3.56. The lowest BCUT2D eigenvalue weighted by atomic mass is 10.1. The number of carbonyl (C=O) groups excluding carboxylic acids is 1. The summed E-state index contributed by atoms with van der Waals surface area (Å²) < 4.78 is 45.8. The van der Waals surface area contributed by atoms with Gasteiger partial charge in [0.05, 0.1) is 28.4 Å². The van der Waals surface area contributed by atoms with Gasteiger partial charge >= 0.3 is 0 Å². The number of benzene rings is 3. The van der Waals surface area contributed by atoms with Crippen LogP contribution >= 0.6 is 11.6 Å². The Morgan fingerprint density at radius 1 is 1.09 bits per heavy atom. The van der Waals surface area contributed by atoms with E-state index in [0.717, 1.165) is 4.31 Å². The summed E-state index contributed by atoms with van der Waals surface area (Å²) in [7, 11) is -2.66. The molecule has 0 radical (unpaired) electrons. The average molecular weight is 490 g/mol. The minimum atomic E-state index is -4.10. The molecular weight excluding hydrogens is 469 g/mol. The van der Waals surface area contributed by atoms with Crippen LogP contribution in [0.15, 0.2) is 82.8 Å². The lowest BCUT2D eigenvalue weighted by Gasteiger charge is -2.24. The highest BCUT2D eigenvalue weighted by molar-refractivity contribution is 7.92. The van der Waals surface area contributed by atoms with E-state index in [0.29, 0.717) is 17.0 Å². The maximum atomic E-state index is 13.3. The van der Waals surface area contributed by atoms with Crippen molar-refractivity contribution in [2.45, 2.75) is 11.8 Å². The van der Waals surface area contributed by atoms with E-state index in [2.05, 4.69) is 10.5 Å². The monoisotopic (exact) mass is 489 g/mol. The van der Waals surface area contributed by atoms with Gasteiger partial charge in [-0.05, 0) is 55.0 Å². The first-order valence-electron chi connectivity index (χ1n) is 9.73. The van der Waals surface area contributed by atoms with Gasteiger partial charge in [-0.3, -0.25) is 9.10 Å². The number of amides is 1. The number of hydrogen-bond donors (Lipinski definition) is 1. The number of halogens is 2. The molecule has 0 saturated carbocycles. The highest BCUT2D eigenvalue weighted by Crippen LogP contribution is 2.31. The Hall–Kier alpha value is -3.43. The lowest BCUT2D eigenvalue weighted by Crippen LogP contribution is -2.39. The molecule has 0 spiro atoms. The van der Waals surface area contributed by atoms with Crippen LogP contribution in [0.1, 0.15) is 12.5 Å². The number of methoxy groups -OCH3 is 1. The van der Waals surface area contributed by atoms with Crippen LogP contribution in [0, 0.1) is 5.82 Å². The molecule has 3 rings (SSSR count). The van der Waals surface area contributed by atoms with Gasteiger partial charge in [0.1, 0.15) is 18.1 Å². The van der Waals surface area contributed by atoms with Crippen LogP contribution in [0.3, 0.4) is 0 Å². The second-order valence-electron chi connectivity index (χ2n) is 6.88. The summed E-state index contributed by atoms with van der Waals surface area (Å²) in [6, 6.07) is 17.7. The van der Waals surface area contributed by atoms with E-state index in [1.807, 2.05) is 0 Å². The van der Waals surface area contributed by atoms with Crippen molar-refractivity contribution in [3.63, 3.8) is 0 Å². The first-order valence-corrected chi connectivity index (χ1v) is 11.5. The quantitative estimate of drug-likeness (QED) is 0.379. The SMILES string of the molecule is COc1ccc(N(CC(=O)N/N=C(\C)c2ccc(F)cc2)S(=O)(=O)c2ccccc2)cc1Cl. The van der Waals surface area contributed by atoms with Crippen molar-refractivity contribution in [1.29, 1.82) is 0 Å². The normalized spacial score (nSPS) is 11.7. The zero-order valence-electron chi connectivity index (χ0n) is 17.8. The lowest BCUT2D eigenvalue weighted by molar-refractivity contribution is -0.119. The minimum Gasteiger partial charge on any atom is -0.495 e. The Bertz CT molecular complexity index is 1270. The standard InChI is InChI=1S/C23H21ClFN3O4S/c1-16(17-8-10-18(25)11-9-17)26-27-23(29)15-28(19-12-13-22(32-2)21(24)14-19)33(30,31)20-6-4-3-5-7-20/h3-14H,15H2,1-2H3,(H,27,29)/b26-16+. The molecule has 33 heavy (non-hydrogen) atoms. The van der Waals surface area contributed by atoms with Gasteiger partial charge in [-0.15, -0.1) is 0 Å². The maximum Gasteiger partial charge on any atom is 0.264 e. The van der Waals surface area contributed by atoms with Gasteiger partial charge < -0.3 is 4.74 Å². The molecule has 1 amide bonds. The van der Waals surface area contributed by atoms with Crippen LogP contribution in [0.4, 0.5) is 10.1 Å². The fourth-order valence-corrected chi connectivity index (χ4v) is 4.60. The molecular formula is C23H21ClFN3O4S. The van der Waals surface area contributed by atoms with Crippen LogP contribution in [-0.4, -0.2) is 33.7 Å². The zero-order chi connectivity index (χ0) is 24.0. The number of hydrogen-bond acceptors (Lipinski definition) is 5. The number of carbonyl (C=O) groups is 1. The van der Waals surface area contributed by atoms with Crippen LogP contribution in [-0.2, 0) is 14.8 Å². The molecule has 3 aromatic carbocycles. The molecule has 0 unspecified atom stereocenters. The Morgan fingerprint density at radius 2 is 1.76 bits per heavy atom. The van der Waals surface area contributed by atoms with Gasteiger partial charge in [0.2, 0.25) is 0 Å². The molecule has 0 aliphatic carbocycles. The molecule has 0 aliphatic heterocycles. The maximum absolute atomic E-state index is 13.3. The van der Waals surface area contributed by atoms with Crippen molar-refractivity contribution in [3.8, 4) is 5.75 Å². The van der Waals surface area contributed by atoms with Crippen LogP contribution in [0.25, 0.3) is 0 Å². The van der Waals surface area contributed by atoms with E-state index < -0.39 is 28.3 Å². The molecule has 0 fully saturated rings. The van der Waals surface area contributed by atoms with Gasteiger partial charge in [-0.2, -0.15) is 5.10 Å².